The lowest BCUT2D eigenvalue weighted by molar-refractivity contribution is -0.115. The molecule has 1 N–H and O–H groups in total. The molecule has 2 aromatic rings. The van der Waals surface area contributed by atoms with Crippen molar-refractivity contribution in [3.05, 3.63) is 60.2 Å². The third-order valence-electron chi connectivity index (χ3n) is 3.67. The Kier molecular flexibility index (Phi) is 6.11. The molecule has 2 aromatic carbocycles. The molecule has 6 heteroatoms. The monoisotopic (exact) mass is 346 g/mol. The van der Waals surface area contributed by atoms with Gasteiger partial charge in [0, 0.05) is 18.8 Å². The first-order valence-electron chi connectivity index (χ1n) is 7.91. The average Bonchev–Trinajstić information content (AvgIpc) is 2.56. The number of carbonyl (C=O) groups excluding carboxylic acids is 1. The van der Waals surface area contributed by atoms with Crippen LogP contribution in [0.3, 0.4) is 0 Å². The number of sulfonamides is 1. The second-order valence-corrected chi connectivity index (χ2v) is 7.27. The van der Waals surface area contributed by atoms with Crippen molar-refractivity contribution in [2.45, 2.75) is 25.2 Å². The Balaban J connectivity index is 2.14. The van der Waals surface area contributed by atoms with E-state index in [1.54, 1.807) is 32.0 Å². The molecular weight excluding hydrogens is 324 g/mol. The lowest BCUT2D eigenvalue weighted by atomic mass is 10.1. The van der Waals surface area contributed by atoms with Crippen LogP contribution in [0.25, 0.3) is 0 Å². The van der Waals surface area contributed by atoms with Crippen molar-refractivity contribution in [3.8, 4) is 0 Å². The van der Waals surface area contributed by atoms with E-state index in [0.29, 0.717) is 18.8 Å². The van der Waals surface area contributed by atoms with Crippen molar-refractivity contribution in [1.82, 2.24) is 4.31 Å². The molecule has 2 rings (SSSR count). The molecular formula is C18H22N2O3S. The number of hydrogen-bond acceptors (Lipinski definition) is 3. The predicted molar refractivity (Wildman–Crippen MR) is 95.3 cm³/mol. The van der Waals surface area contributed by atoms with E-state index in [2.05, 4.69) is 5.32 Å². The maximum absolute atomic E-state index is 12.5. The molecule has 0 unspecified atom stereocenters. The van der Waals surface area contributed by atoms with Gasteiger partial charge in [0.1, 0.15) is 0 Å². The fourth-order valence-electron chi connectivity index (χ4n) is 2.43. The Morgan fingerprint density at radius 1 is 1.00 bits per heavy atom. The zero-order valence-electron chi connectivity index (χ0n) is 13.9. The van der Waals surface area contributed by atoms with Crippen molar-refractivity contribution < 1.29 is 13.2 Å². The summed E-state index contributed by atoms with van der Waals surface area (Å²) in [5.41, 5.74) is 1.38. The normalized spacial score (nSPS) is 11.5. The highest BCUT2D eigenvalue weighted by Crippen LogP contribution is 2.19. The summed E-state index contributed by atoms with van der Waals surface area (Å²) in [7, 11) is -3.54. The highest BCUT2D eigenvalue weighted by Gasteiger charge is 2.21. The number of hydrogen-bond donors (Lipinski definition) is 1. The molecule has 0 heterocycles. The zero-order valence-corrected chi connectivity index (χ0v) is 14.7. The van der Waals surface area contributed by atoms with Gasteiger partial charge in [-0.05, 0) is 23.8 Å². The molecule has 0 aliphatic rings. The highest BCUT2D eigenvalue weighted by molar-refractivity contribution is 7.89. The van der Waals surface area contributed by atoms with E-state index in [1.807, 2.05) is 30.3 Å². The van der Waals surface area contributed by atoms with E-state index in [9.17, 15) is 13.2 Å². The number of nitrogens with zero attached hydrogens (tertiary/aromatic N) is 1. The van der Waals surface area contributed by atoms with Crippen LogP contribution in [0.4, 0.5) is 5.69 Å². The largest absolute Gasteiger partial charge is 0.326 e. The van der Waals surface area contributed by atoms with Crippen LogP contribution in [0.15, 0.2) is 59.5 Å². The van der Waals surface area contributed by atoms with Crippen LogP contribution in [0.2, 0.25) is 0 Å². The van der Waals surface area contributed by atoms with E-state index in [-0.39, 0.29) is 17.2 Å². The number of carbonyl (C=O) groups is 1. The van der Waals surface area contributed by atoms with Crippen LogP contribution in [-0.2, 0) is 21.2 Å². The molecule has 0 spiro atoms. The van der Waals surface area contributed by atoms with Crippen LogP contribution in [0.1, 0.15) is 19.4 Å². The number of benzene rings is 2. The molecule has 1 amide bonds. The van der Waals surface area contributed by atoms with Gasteiger partial charge in [0.2, 0.25) is 15.9 Å². The summed E-state index contributed by atoms with van der Waals surface area (Å²) >= 11 is 0. The zero-order chi connectivity index (χ0) is 17.6. The van der Waals surface area contributed by atoms with E-state index >= 15 is 0 Å². The Bertz CT molecular complexity index is 785. The summed E-state index contributed by atoms with van der Waals surface area (Å²) in [4.78, 5) is 12.3. The fourth-order valence-corrected chi connectivity index (χ4v) is 3.94. The molecule has 0 bridgehead atoms. The van der Waals surface area contributed by atoms with E-state index < -0.39 is 10.0 Å². The first kappa shape index (κ1) is 18.2. The Hall–Kier alpha value is -2.18. The van der Waals surface area contributed by atoms with Crippen LogP contribution in [-0.4, -0.2) is 31.7 Å². The van der Waals surface area contributed by atoms with Crippen LogP contribution in [0, 0.1) is 0 Å². The quantitative estimate of drug-likeness (QED) is 0.838. The van der Waals surface area contributed by atoms with Crippen LogP contribution >= 0.6 is 0 Å². The molecule has 128 valence electrons. The molecule has 0 saturated heterocycles. The maximum atomic E-state index is 12.5. The summed E-state index contributed by atoms with van der Waals surface area (Å²) < 4.78 is 26.5. The first-order chi connectivity index (χ1) is 11.5. The lowest BCUT2D eigenvalue weighted by Gasteiger charge is -2.18. The Morgan fingerprint density at radius 2 is 1.67 bits per heavy atom. The molecule has 0 atom stereocenters. The lowest BCUT2D eigenvalue weighted by Crippen LogP contribution is -2.30. The smallest absolute Gasteiger partial charge is 0.243 e. The Labute approximate surface area is 143 Å². The van der Waals surface area contributed by atoms with E-state index in [0.717, 1.165) is 5.56 Å². The molecule has 0 saturated carbocycles. The summed E-state index contributed by atoms with van der Waals surface area (Å²) in [5.74, 6) is -0.182. The van der Waals surface area contributed by atoms with Crippen molar-refractivity contribution in [2.24, 2.45) is 0 Å². The number of rotatable bonds is 7. The van der Waals surface area contributed by atoms with E-state index in [4.69, 9.17) is 0 Å². The SMILES string of the molecule is CCN(CC)S(=O)(=O)c1cccc(NC(=O)Cc2ccccc2)c1. The number of nitrogens with one attached hydrogen (secondary N) is 1. The van der Waals surface area contributed by atoms with Gasteiger partial charge in [0.25, 0.3) is 0 Å². The third kappa shape index (κ3) is 4.43. The van der Waals surface area contributed by atoms with Gasteiger partial charge < -0.3 is 5.32 Å². The van der Waals surface area contributed by atoms with Crippen molar-refractivity contribution in [1.29, 1.82) is 0 Å². The molecule has 0 aliphatic heterocycles. The van der Waals surface area contributed by atoms with Crippen molar-refractivity contribution >= 4 is 21.6 Å². The molecule has 0 aliphatic carbocycles. The summed E-state index contributed by atoms with van der Waals surface area (Å²) in [6.45, 7) is 4.41. The topological polar surface area (TPSA) is 66.5 Å². The molecule has 5 nitrogen and oxygen atoms in total. The van der Waals surface area contributed by atoms with Gasteiger partial charge >= 0.3 is 0 Å². The van der Waals surface area contributed by atoms with Gasteiger partial charge in [-0.3, -0.25) is 4.79 Å². The summed E-state index contributed by atoms with van der Waals surface area (Å²) in [5, 5.41) is 2.76. The molecule has 0 aromatic heterocycles. The van der Waals surface area contributed by atoms with Crippen molar-refractivity contribution in [2.75, 3.05) is 18.4 Å². The van der Waals surface area contributed by atoms with Crippen LogP contribution < -0.4 is 5.32 Å². The van der Waals surface area contributed by atoms with Gasteiger partial charge in [0.15, 0.2) is 0 Å². The van der Waals surface area contributed by atoms with Gasteiger partial charge in [-0.25, -0.2) is 8.42 Å². The fraction of sp³-hybridized carbons (Fsp3) is 0.278. The maximum Gasteiger partial charge on any atom is 0.243 e. The minimum atomic E-state index is -3.54. The molecule has 0 radical (unpaired) electrons. The minimum absolute atomic E-state index is 0.182. The molecule has 24 heavy (non-hydrogen) atoms. The van der Waals surface area contributed by atoms with Crippen molar-refractivity contribution in [3.63, 3.8) is 0 Å². The van der Waals surface area contributed by atoms with Gasteiger partial charge in [-0.1, -0.05) is 50.2 Å². The minimum Gasteiger partial charge on any atom is -0.326 e. The third-order valence-corrected chi connectivity index (χ3v) is 5.71. The number of amides is 1. The summed E-state index contributed by atoms with van der Waals surface area (Å²) in [6, 6.07) is 15.8. The Morgan fingerprint density at radius 3 is 2.29 bits per heavy atom. The van der Waals surface area contributed by atoms with E-state index in [1.165, 1.54) is 10.4 Å². The highest BCUT2D eigenvalue weighted by atomic mass is 32.2. The molecule has 0 fully saturated rings. The average molecular weight is 346 g/mol. The van der Waals surface area contributed by atoms with Crippen LogP contribution in [0.5, 0.6) is 0 Å². The number of anilines is 1. The first-order valence-corrected chi connectivity index (χ1v) is 9.35. The standard InChI is InChI=1S/C18H22N2O3S/c1-3-20(4-2)24(22,23)17-12-8-11-16(14-17)19-18(21)13-15-9-6-5-7-10-15/h5-12,14H,3-4,13H2,1-2H3,(H,19,21). The second-order valence-electron chi connectivity index (χ2n) is 5.33. The summed E-state index contributed by atoms with van der Waals surface area (Å²) in [6.07, 6.45) is 0.244. The van der Waals surface area contributed by atoms with Gasteiger partial charge in [-0.15, -0.1) is 0 Å². The van der Waals surface area contributed by atoms with Gasteiger partial charge in [-0.2, -0.15) is 4.31 Å². The van der Waals surface area contributed by atoms with Gasteiger partial charge in [0.05, 0.1) is 11.3 Å². The predicted octanol–water partition coefficient (Wildman–Crippen LogP) is 2.90. The second kappa shape index (κ2) is 8.08.